The number of imidazole rings is 1. The molecule has 6 nitrogen and oxygen atoms in total. The Morgan fingerprint density at radius 2 is 2.04 bits per heavy atom. The Labute approximate surface area is 147 Å². The van der Waals surface area contributed by atoms with Crippen LogP contribution in [0.2, 0.25) is 0 Å². The number of aliphatic carboxylic acids is 1. The van der Waals surface area contributed by atoms with Gasteiger partial charge in [-0.15, -0.1) is 0 Å². The molecule has 3 rings (SSSR count). The highest BCUT2D eigenvalue weighted by molar-refractivity contribution is 8.03. The number of benzene rings is 2. The predicted molar refractivity (Wildman–Crippen MR) is 95.1 cm³/mol. The molecule has 124 valence electrons. The second kappa shape index (κ2) is 7.55. The van der Waals surface area contributed by atoms with E-state index >= 15 is 0 Å². The second-order valence-corrected chi connectivity index (χ2v) is 6.06. The van der Waals surface area contributed by atoms with Crippen LogP contribution in [0.3, 0.4) is 0 Å². The third kappa shape index (κ3) is 4.40. The summed E-state index contributed by atoms with van der Waals surface area (Å²) >= 11 is 1.25. The normalized spacial score (nSPS) is 11.2. The first-order chi connectivity index (χ1) is 12.1. The molecule has 1 aromatic heterocycles. The van der Waals surface area contributed by atoms with Crippen molar-refractivity contribution in [3.05, 3.63) is 59.0 Å². The number of thioether (sulfide) groups is 1. The molecule has 0 aliphatic rings. The first-order valence-electron chi connectivity index (χ1n) is 7.33. The van der Waals surface area contributed by atoms with E-state index in [2.05, 4.69) is 16.0 Å². The number of carboxylic acid groups (broad SMARTS) is 1. The number of fused-ring (bicyclic) bond motifs is 1. The van der Waals surface area contributed by atoms with Gasteiger partial charge in [-0.2, -0.15) is 5.26 Å². The van der Waals surface area contributed by atoms with E-state index in [1.807, 2.05) is 24.3 Å². The van der Waals surface area contributed by atoms with E-state index < -0.39 is 5.97 Å². The van der Waals surface area contributed by atoms with Crippen LogP contribution < -0.4 is 4.74 Å². The van der Waals surface area contributed by atoms with Crippen molar-refractivity contribution in [2.24, 2.45) is 0 Å². The average Bonchev–Trinajstić information content (AvgIpc) is 3.02. The number of hydrogen-bond donors (Lipinski definition) is 2. The molecule has 0 unspecified atom stereocenters. The zero-order valence-electron chi connectivity index (χ0n) is 13.0. The van der Waals surface area contributed by atoms with E-state index in [0.717, 1.165) is 16.6 Å². The minimum Gasteiger partial charge on any atom is -0.482 e. The van der Waals surface area contributed by atoms with E-state index in [0.29, 0.717) is 15.8 Å². The van der Waals surface area contributed by atoms with Crippen LogP contribution >= 0.6 is 11.8 Å². The number of H-pyrrole nitrogens is 1. The molecule has 0 saturated carbocycles. The molecule has 0 aliphatic heterocycles. The quantitative estimate of drug-likeness (QED) is 0.519. The van der Waals surface area contributed by atoms with Crippen LogP contribution in [-0.2, 0) is 4.79 Å². The molecule has 7 heteroatoms. The molecule has 25 heavy (non-hydrogen) atoms. The van der Waals surface area contributed by atoms with E-state index in [-0.39, 0.29) is 6.61 Å². The molecule has 0 aliphatic carbocycles. The van der Waals surface area contributed by atoms with Gasteiger partial charge in [-0.1, -0.05) is 24.3 Å². The van der Waals surface area contributed by atoms with Crippen molar-refractivity contribution in [1.29, 1.82) is 5.26 Å². The number of hydrogen-bond acceptors (Lipinski definition) is 5. The summed E-state index contributed by atoms with van der Waals surface area (Å²) in [6.45, 7) is -0.388. The fraction of sp³-hybridized carbons (Fsp3) is 0.0556. The molecule has 2 N–H and O–H groups in total. The Morgan fingerprint density at radius 3 is 2.72 bits per heavy atom. The number of ether oxygens (including phenoxy) is 1. The predicted octanol–water partition coefficient (Wildman–Crippen LogP) is 3.68. The number of carboxylic acids is 1. The number of aromatic amines is 1. The first-order valence-corrected chi connectivity index (χ1v) is 8.15. The molecule has 0 fully saturated rings. The number of para-hydroxylation sites is 2. The van der Waals surface area contributed by atoms with Crippen molar-refractivity contribution in [1.82, 2.24) is 9.97 Å². The smallest absolute Gasteiger partial charge is 0.341 e. The van der Waals surface area contributed by atoms with Gasteiger partial charge in [0.05, 0.1) is 15.9 Å². The summed E-state index contributed by atoms with van der Waals surface area (Å²) in [4.78, 5) is 18.6. The maximum atomic E-state index is 10.5. The van der Waals surface area contributed by atoms with Gasteiger partial charge in [0.15, 0.2) is 11.8 Å². The fourth-order valence-electron chi connectivity index (χ4n) is 2.12. The number of carbonyl (C=O) groups is 1. The van der Waals surface area contributed by atoms with Crippen molar-refractivity contribution in [3.8, 4) is 11.8 Å². The first kappa shape index (κ1) is 16.6. The van der Waals surface area contributed by atoms with Gasteiger partial charge >= 0.3 is 5.97 Å². The van der Waals surface area contributed by atoms with E-state index in [9.17, 15) is 10.1 Å². The van der Waals surface area contributed by atoms with E-state index in [1.54, 1.807) is 30.3 Å². The van der Waals surface area contributed by atoms with Crippen LogP contribution in [0.25, 0.3) is 17.1 Å². The molecule has 0 radical (unpaired) electrons. The summed E-state index contributed by atoms with van der Waals surface area (Å²) in [7, 11) is 0. The van der Waals surface area contributed by atoms with Gasteiger partial charge in [0.2, 0.25) is 0 Å². The summed E-state index contributed by atoms with van der Waals surface area (Å²) in [5.41, 5.74) is 2.58. The fourth-order valence-corrected chi connectivity index (χ4v) is 2.88. The number of rotatable bonds is 6. The zero-order valence-corrected chi connectivity index (χ0v) is 13.8. The molecule has 0 spiro atoms. The second-order valence-electron chi connectivity index (χ2n) is 5.03. The van der Waals surface area contributed by atoms with Gasteiger partial charge in [0.25, 0.3) is 0 Å². The molecule has 0 saturated heterocycles. The van der Waals surface area contributed by atoms with Gasteiger partial charge in [-0.25, -0.2) is 9.78 Å². The lowest BCUT2D eigenvalue weighted by Crippen LogP contribution is -2.09. The lowest BCUT2D eigenvalue weighted by molar-refractivity contribution is -0.139. The maximum Gasteiger partial charge on any atom is 0.341 e. The van der Waals surface area contributed by atoms with Crippen molar-refractivity contribution in [3.63, 3.8) is 0 Å². The standard InChI is InChI=1S/C18H13N3O3S/c19-10-14(25-18-20-15-3-1-2-4-16(15)21-18)9-12-5-7-13(8-6-12)24-11-17(22)23/h1-9H,11H2,(H,20,21)(H,22,23)/b14-9+. The summed E-state index contributed by atoms with van der Waals surface area (Å²) in [6, 6.07) is 16.7. The minimum absolute atomic E-state index is 0.388. The Bertz CT molecular complexity index is 938. The Balaban J connectivity index is 1.73. The maximum absolute atomic E-state index is 10.5. The summed E-state index contributed by atoms with van der Waals surface area (Å²) < 4.78 is 5.08. The van der Waals surface area contributed by atoms with Gasteiger partial charge < -0.3 is 14.8 Å². The Hall–Kier alpha value is -3.24. The lowest BCUT2D eigenvalue weighted by Gasteiger charge is -2.03. The van der Waals surface area contributed by atoms with E-state index in [4.69, 9.17) is 9.84 Å². The number of aromatic nitrogens is 2. The van der Waals surface area contributed by atoms with Crippen molar-refractivity contribution >= 4 is 34.8 Å². The van der Waals surface area contributed by atoms with Crippen LogP contribution in [0.1, 0.15) is 5.56 Å². The topological polar surface area (TPSA) is 99.0 Å². The van der Waals surface area contributed by atoms with Gasteiger partial charge in [0, 0.05) is 0 Å². The molecule has 2 aromatic carbocycles. The highest BCUT2D eigenvalue weighted by atomic mass is 32.2. The third-order valence-corrected chi connectivity index (χ3v) is 4.04. The zero-order chi connectivity index (χ0) is 17.6. The van der Waals surface area contributed by atoms with Crippen LogP contribution in [0.15, 0.2) is 58.6 Å². The van der Waals surface area contributed by atoms with Gasteiger partial charge in [0.1, 0.15) is 11.8 Å². The number of nitrogens with one attached hydrogen (secondary N) is 1. The number of allylic oxidation sites excluding steroid dienone is 1. The van der Waals surface area contributed by atoms with Crippen molar-refractivity contribution < 1.29 is 14.6 Å². The van der Waals surface area contributed by atoms with Crippen LogP contribution in [0.5, 0.6) is 5.75 Å². The molecule has 0 atom stereocenters. The third-order valence-electron chi connectivity index (χ3n) is 3.22. The lowest BCUT2D eigenvalue weighted by atomic mass is 10.2. The Morgan fingerprint density at radius 1 is 1.28 bits per heavy atom. The molecule has 0 amide bonds. The molecule has 0 bridgehead atoms. The highest BCUT2D eigenvalue weighted by Crippen LogP contribution is 2.27. The highest BCUT2D eigenvalue weighted by Gasteiger charge is 2.06. The van der Waals surface area contributed by atoms with E-state index in [1.165, 1.54) is 11.8 Å². The minimum atomic E-state index is -1.03. The van der Waals surface area contributed by atoms with Gasteiger partial charge in [-0.05, 0) is 47.7 Å². The molecular weight excluding hydrogens is 338 g/mol. The Kier molecular flexibility index (Phi) is 5.02. The summed E-state index contributed by atoms with van der Waals surface area (Å²) in [6.07, 6.45) is 1.73. The average molecular weight is 351 g/mol. The SMILES string of the molecule is N#C/C(=C\c1ccc(OCC(=O)O)cc1)Sc1nc2ccccc2[nH]1. The number of nitrogens with zero attached hydrogens (tertiary/aromatic N) is 2. The van der Waals surface area contributed by atoms with Crippen LogP contribution in [0, 0.1) is 11.3 Å². The monoisotopic (exact) mass is 351 g/mol. The molecule has 3 aromatic rings. The molecule has 1 heterocycles. The number of nitriles is 1. The summed E-state index contributed by atoms with van der Waals surface area (Å²) in [5, 5.41) is 18.6. The van der Waals surface area contributed by atoms with Crippen LogP contribution in [0.4, 0.5) is 0 Å². The summed E-state index contributed by atoms with van der Waals surface area (Å²) in [5.74, 6) is -0.569. The molecular formula is C18H13N3O3S. The van der Waals surface area contributed by atoms with Crippen molar-refractivity contribution in [2.45, 2.75) is 5.16 Å². The van der Waals surface area contributed by atoms with Crippen molar-refractivity contribution in [2.75, 3.05) is 6.61 Å². The largest absolute Gasteiger partial charge is 0.482 e. The van der Waals surface area contributed by atoms with Gasteiger partial charge in [-0.3, -0.25) is 0 Å². The van der Waals surface area contributed by atoms with Crippen LogP contribution in [-0.4, -0.2) is 27.7 Å².